The summed E-state index contributed by atoms with van der Waals surface area (Å²) in [5.41, 5.74) is 5.93. The average molecular weight is 373 g/mol. The molecule has 2 heterocycles. The number of aromatic amines is 1. The van der Waals surface area contributed by atoms with Gasteiger partial charge in [-0.3, -0.25) is 9.89 Å². The Morgan fingerprint density at radius 3 is 2.71 bits per heavy atom. The van der Waals surface area contributed by atoms with Gasteiger partial charge in [0, 0.05) is 16.6 Å². The Balaban J connectivity index is 1.50. The van der Waals surface area contributed by atoms with E-state index in [2.05, 4.69) is 33.6 Å². The fourth-order valence-electron chi connectivity index (χ4n) is 3.57. The maximum absolute atomic E-state index is 12.6. The van der Waals surface area contributed by atoms with Crippen molar-refractivity contribution in [3.63, 3.8) is 0 Å². The van der Waals surface area contributed by atoms with Crippen molar-refractivity contribution in [2.75, 3.05) is 0 Å². The Kier molecular flexibility index (Phi) is 4.69. The van der Waals surface area contributed by atoms with Crippen LogP contribution in [0.1, 0.15) is 35.5 Å². The number of nitrogens with one attached hydrogen (secondary N) is 2. The lowest BCUT2D eigenvalue weighted by Crippen LogP contribution is -2.28. The Bertz CT molecular complexity index is 1140. The lowest BCUT2D eigenvalue weighted by molar-refractivity contribution is -0.121. The number of rotatable bonds is 5. The van der Waals surface area contributed by atoms with Gasteiger partial charge in [-0.25, -0.2) is 4.68 Å². The number of benzene rings is 2. The molecular formula is C22H23N5O. The molecule has 0 aliphatic carbocycles. The summed E-state index contributed by atoms with van der Waals surface area (Å²) in [5.74, 6) is -0.0510. The lowest BCUT2D eigenvalue weighted by atomic mass is 10.1. The van der Waals surface area contributed by atoms with Gasteiger partial charge in [-0.1, -0.05) is 36.4 Å². The van der Waals surface area contributed by atoms with Crippen LogP contribution in [0.3, 0.4) is 0 Å². The Labute approximate surface area is 163 Å². The van der Waals surface area contributed by atoms with Crippen LogP contribution in [0.25, 0.3) is 16.6 Å². The minimum atomic E-state index is -0.139. The molecule has 4 aromatic rings. The first-order valence-electron chi connectivity index (χ1n) is 9.36. The van der Waals surface area contributed by atoms with Gasteiger partial charge in [0.05, 0.1) is 35.6 Å². The number of nitrogens with zero attached hydrogens (tertiary/aromatic N) is 3. The van der Waals surface area contributed by atoms with E-state index in [0.717, 1.165) is 39.1 Å². The maximum Gasteiger partial charge on any atom is 0.226 e. The molecule has 2 N–H and O–H groups in total. The molecule has 1 atom stereocenters. The van der Waals surface area contributed by atoms with Crippen molar-refractivity contribution in [3.05, 3.63) is 77.2 Å². The van der Waals surface area contributed by atoms with Gasteiger partial charge < -0.3 is 5.32 Å². The smallest absolute Gasteiger partial charge is 0.226 e. The third-order valence-corrected chi connectivity index (χ3v) is 5.11. The highest BCUT2D eigenvalue weighted by molar-refractivity contribution is 5.87. The second-order valence-electron chi connectivity index (χ2n) is 7.07. The van der Waals surface area contributed by atoms with Gasteiger partial charge >= 0.3 is 0 Å². The van der Waals surface area contributed by atoms with E-state index in [9.17, 15) is 4.79 Å². The summed E-state index contributed by atoms with van der Waals surface area (Å²) in [7, 11) is 0. The van der Waals surface area contributed by atoms with Crippen LogP contribution in [-0.2, 0) is 11.2 Å². The molecule has 0 spiro atoms. The van der Waals surface area contributed by atoms with Gasteiger partial charge in [0.25, 0.3) is 0 Å². The van der Waals surface area contributed by atoms with E-state index in [1.807, 2.05) is 67.2 Å². The molecule has 0 radical (unpaired) electrons. The largest absolute Gasteiger partial charge is 0.349 e. The highest BCUT2D eigenvalue weighted by Gasteiger charge is 2.18. The third-order valence-electron chi connectivity index (χ3n) is 5.11. The summed E-state index contributed by atoms with van der Waals surface area (Å²) in [6.07, 6.45) is 2.09. The van der Waals surface area contributed by atoms with Crippen LogP contribution in [0.4, 0.5) is 0 Å². The molecule has 1 unspecified atom stereocenters. The highest BCUT2D eigenvalue weighted by atomic mass is 16.1. The first-order chi connectivity index (χ1) is 13.5. The van der Waals surface area contributed by atoms with E-state index < -0.39 is 0 Å². The molecule has 2 aromatic carbocycles. The normalized spacial score (nSPS) is 12.2. The molecule has 4 rings (SSSR count). The van der Waals surface area contributed by atoms with Crippen molar-refractivity contribution in [1.82, 2.24) is 25.3 Å². The maximum atomic E-state index is 12.6. The van der Waals surface area contributed by atoms with Crippen LogP contribution in [0, 0.1) is 13.8 Å². The number of aromatic nitrogens is 4. The number of hydrogen-bond acceptors (Lipinski definition) is 3. The van der Waals surface area contributed by atoms with E-state index in [1.165, 1.54) is 0 Å². The summed E-state index contributed by atoms with van der Waals surface area (Å²) in [6, 6.07) is 15.8. The summed E-state index contributed by atoms with van der Waals surface area (Å²) in [6.45, 7) is 6.07. The van der Waals surface area contributed by atoms with Crippen molar-refractivity contribution in [2.45, 2.75) is 33.2 Å². The van der Waals surface area contributed by atoms with Gasteiger partial charge in [-0.2, -0.15) is 10.2 Å². The highest BCUT2D eigenvalue weighted by Crippen LogP contribution is 2.22. The Morgan fingerprint density at radius 2 is 1.89 bits per heavy atom. The first kappa shape index (κ1) is 18.0. The van der Waals surface area contributed by atoms with Crippen LogP contribution in [0.15, 0.2) is 54.7 Å². The van der Waals surface area contributed by atoms with Crippen LogP contribution in [-0.4, -0.2) is 25.9 Å². The molecule has 6 nitrogen and oxygen atoms in total. The summed E-state index contributed by atoms with van der Waals surface area (Å²) in [5, 5.41) is 15.8. The van der Waals surface area contributed by atoms with Crippen molar-refractivity contribution in [2.24, 2.45) is 0 Å². The molecule has 2 aromatic heterocycles. The van der Waals surface area contributed by atoms with E-state index in [0.29, 0.717) is 0 Å². The molecule has 0 saturated carbocycles. The fraction of sp³-hybridized carbons (Fsp3) is 0.227. The minimum absolute atomic E-state index is 0.0510. The topological polar surface area (TPSA) is 75.6 Å². The van der Waals surface area contributed by atoms with Crippen molar-refractivity contribution >= 4 is 16.8 Å². The number of carbonyl (C=O) groups excluding carboxylic acids is 1. The molecule has 6 heteroatoms. The van der Waals surface area contributed by atoms with E-state index in [1.54, 1.807) is 0 Å². The Hall–Kier alpha value is -3.41. The molecule has 0 bridgehead atoms. The predicted molar refractivity (Wildman–Crippen MR) is 109 cm³/mol. The number of H-pyrrole nitrogens is 1. The monoisotopic (exact) mass is 373 g/mol. The van der Waals surface area contributed by atoms with Crippen LogP contribution in [0.5, 0.6) is 0 Å². The SMILES string of the molecule is Cc1ccccc1-n1ncc(C(C)NC(=O)Cc2[nH]nc3ccccc23)c1C. The standard InChI is InChI=1S/C22H23N5O/c1-14-8-4-7-11-21(14)27-16(3)18(13-23-27)15(2)24-22(28)12-20-17-9-5-6-10-19(17)25-26-20/h4-11,13,15H,12H2,1-3H3,(H,24,28)(H,25,26). The van der Waals surface area contributed by atoms with Crippen molar-refractivity contribution in [1.29, 1.82) is 0 Å². The predicted octanol–water partition coefficient (Wildman–Crippen LogP) is 3.79. The Morgan fingerprint density at radius 1 is 1.14 bits per heavy atom. The fourth-order valence-corrected chi connectivity index (χ4v) is 3.57. The van der Waals surface area contributed by atoms with Crippen molar-refractivity contribution < 1.29 is 4.79 Å². The lowest BCUT2D eigenvalue weighted by Gasteiger charge is -2.14. The second kappa shape index (κ2) is 7.31. The average Bonchev–Trinajstić information content (AvgIpc) is 3.26. The van der Waals surface area contributed by atoms with Crippen LogP contribution in [0.2, 0.25) is 0 Å². The summed E-state index contributed by atoms with van der Waals surface area (Å²) < 4.78 is 1.93. The van der Waals surface area contributed by atoms with Crippen LogP contribution >= 0.6 is 0 Å². The molecular weight excluding hydrogens is 350 g/mol. The molecule has 1 amide bonds. The zero-order valence-corrected chi connectivity index (χ0v) is 16.2. The van der Waals surface area contributed by atoms with Gasteiger partial charge in [0.2, 0.25) is 5.91 Å². The molecule has 28 heavy (non-hydrogen) atoms. The van der Waals surface area contributed by atoms with Crippen LogP contribution < -0.4 is 5.32 Å². The minimum Gasteiger partial charge on any atom is -0.349 e. The van der Waals surface area contributed by atoms with Gasteiger partial charge in [-0.15, -0.1) is 0 Å². The van der Waals surface area contributed by atoms with Gasteiger partial charge in [-0.05, 0) is 38.5 Å². The third kappa shape index (κ3) is 3.29. The molecule has 0 aliphatic rings. The second-order valence-corrected chi connectivity index (χ2v) is 7.07. The number of hydrogen-bond donors (Lipinski definition) is 2. The van der Waals surface area contributed by atoms with Gasteiger partial charge in [0.1, 0.15) is 0 Å². The zero-order chi connectivity index (χ0) is 19.7. The van der Waals surface area contributed by atoms with E-state index >= 15 is 0 Å². The molecule has 0 aliphatic heterocycles. The quantitative estimate of drug-likeness (QED) is 0.559. The molecule has 0 saturated heterocycles. The zero-order valence-electron chi connectivity index (χ0n) is 16.2. The summed E-state index contributed by atoms with van der Waals surface area (Å²) >= 11 is 0. The number of para-hydroxylation sites is 2. The van der Waals surface area contributed by atoms with E-state index in [4.69, 9.17) is 0 Å². The number of aryl methyl sites for hydroxylation is 1. The summed E-state index contributed by atoms with van der Waals surface area (Å²) in [4.78, 5) is 12.6. The van der Waals surface area contributed by atoms with E-state index in [-0.39, 0.29) is 18.4 Å². The first-order valence-corrected chi connectivity index (χ1v) is 9.36. The van der Waals surface area contributed by atoms with Crippen molar-refractivity contribution in [3.8, 4) is 5.69 Å². The number of carbonyl (C=O) groups is 1. The number of fused-ring (bicyclic) bond motifs is 1. The number of amides is 1. The van der Waals surface area contributed by atoms with Gasteiger partial charge in [0.15, 0.2) is 0 Å². The molecule has 0 fully saturated rings. The molecule has 142 valence electrons.